The molecular formula is C17H18O2. The Labute approximate surface area is 114 Å². The fourth-order valence-corrected chi connectivity index (χ4v) is 1.40. The molecule has 0 bridgehead atoms. The molecule has 19 heavy (non-hydrogen) atoms. The standard InChI is InChI=1S/C17H18O2/c1-3-5-14-19-17(18)16(4-2)13-9-12-15-10-7-6-8-11-15/h3,5-14H,1,4H2,2H3/b12-9+,14-5+,16-13+. The van der Waals surface area contributed by atoms with E-state index >= 15 is 0 Å². The van der Waals surface area contributed by atoms with Crippen molar-refractivity contribution in [1.29, 1.82) is 0 Å². The summed E-state index contributed by atoms with van der Waals surface area (Å²) in [6.45, 7) is 5.42. The van der Waals surface area contributed by atoms with Gasteiger partial charge in [0, 0.05) is 5.57 Å². The van der Waals surface area contributed by atoms with Crippen LogP contribution in [0.2, 0.25) is 0 Å². The average Bonchev–Trinajstić information content (AvgIpc) is 2.45. The maximum Gasteiger partial charge on any atom is 0.338 e. The molecule has 0 atom stereocenters. The molecular weight excluding hydrogens is 236 g/mol. The van der Waals surface area contributed by atoms with Crippen LogP contribution in [0, 0.1) is 0 Å². The minimum atomic E-state index is -0.335. The van der Waals surface area contributed by atoms with E-state index in [4.69, 9.17) is 4.74 Å². The van der Waals surface area contributed by atoms with Crippen LogP contribution in [0.1, 0.15) is 18.9 Å². The molecule has 0 aliphatic heterocycles. The molecule has 1 aromatic rings. The van der Waals surface area contributed by atoms with Gasteiger partial charge in [0.1, 0.15) is 0 Å². The first-order valence-electron chi connectivity index (χ1n) is 6.18. The van der Waals surface area contributed by atoms with E-state index in [1.54, 1.807) is 18.2 Å². The zero-order valence-electron chi connectivity index (χ0n) is 11.1. The van der Waals surface area contributed by atoms with Crippen molar-refractivity contribution in [2.45, 2.75) is 13.3 Å². The molecule has 1 rings (SSSR count). The summed E-state index contributed by atoms with van der Waals surface area (Å²) in [7, 11) is 0. The van der Waals surface area contributed by atoms with E-state index in [0.29, 0.717) is 12.0 Å². The molecule has 0 amide bonds. The van der Waals surface area contributed by atoms with Gasteiger partial charge < -0.3 is 4.74 Å². The van der Waals surface area contributed by atoms with Crippen molar-refractivity contribution < 1.29 is 9.53 Å². The normalized spacial score (nSPS) is 11.9. The monoisotopic (exact) mass is 254 g/mol. The number of ether oxygens (including phenoxy) is 1. The van der Waals surface area contributed by atoms with Crippen LogP contribution in [-0.4, -0.2) is 5.97 Å². The summed E-state index contributed by atoms with van der Waals surface area (Å²) < 4.78 is 4.95. The third kappa shape index (κ3) is 5.68. The van der Waals surface area contributed by atoms with Gasteiger partial charge in [-0.2, -0.15) is 0 Å². The number of rotatable bonds is 6. The molecule has 2 nitrogen and oxygen atoms in total. The van der Waals surface area contributed by atoms with Gasteiger partial charge in [-0.25, -0.2) is 4.79 Å². The summed E-state index contributed by atoms with van der Waals surface area (Å²) in [5.41, 5.74) is 1.72. The first kappa shape index (κ1) is 14.7. The van der Waals surface area contributed by atoms with E-state index in [1.807, 2.05) is 49.4 Å². The van der Waals surface area contributed by atoms with Crippen LogP contribution in [0.25, 0.3) is 6.08 Å². The minimum absolute atomic E-state index is 0.335. The lowest BCUT2D eigenvalue weighted by atomic mass is 10.1. The third-order valence-corrected chi connectivity index (χ3v) is 2.42. The van der Waals surface area contributed by atoms with Crippen LogP contribution in [0.4, 0.5) is 0 Å². The second kappa shape index (κ2) is 8.70. The van der Waals surface area contributed by atoms with E-state index in [0.717, 1.165) is 5.56 Å². The van der Waals surface area contributed by atoms with Crippen molar-refractivity contribution in [2.75, 3.05) is 0 Å². The fourth-order valence-electron chi connectivity index (χ4n) is 1.40. The van der Waals surface area contributed by atoms with Crippen molar-refractivity contribution >= 4 is 12.0 Å². The van der Waals surface area contributed by atoms with E-state index < -0.39 is 0 Å². The average molecular weight is 254 g/mol. The Morgan fingerprint density at radius 1 is 1.26 bits per heavy atom. The van der Waals surface area contributed by atoms with Crippen molar-refractivity contribution in [1.82, 2.24) is 0 Å². The molecule has 1 aromatic carbocycles. The number of carbonyl (C=O) groups is 1. The summed E-state index contributed by atoms with van der Waals surface area (Å²) in [6.07, 6.45) is 10.7. The van der Waals surface area contributed by atoms with Crippen LogP contribution >= 0.6 is 0 Å². The summed E-state index contributed by atoms with van der Waals surface area (Å²) in [6, 6.07) is 9.91. The number of allylic oxidation sites excluding steroid dienone is 4. The highest BCUT2D eigenvalue weighted by Crippen LogP contribution is 2.07. The first-order valence-corrected chi connectivity index (χ1v) is 6.18. The molecule has 0 aliphatic carbocycles. The van der Waals surface area contributed by atoms with E-state index in [2.05, 4.69) is 6.58 Å². The zero-order valence-corrected chi connectivity index (χ0v) is 11.1. The molecule has 0 radical (unpaired) electrons. The first-order chi connectivity index (χ1) is 9.27. The van der Waals surface area contributed by atoms with Gasteiger partial charge in [-0.1, -0.05) is 68.1 Å². The summed E-state index contributed by atoms with van der Waals surface area (Å²) >= 11 is 0. The number of hydrogen-bond acceptors (Lipinski definition) is 2. The predicted octanol–water partition coefficient (Wildman–Crippen LogP) is 4.28. The van der Waals surface area contributed by atoms with Gasteiger partial charge in [0.05, 0.1) is 6.26 Å². The molecule has 0 saturated heterocycles. The summed E-state index contributed by atoms with van der Waals surface area (Å²) in [5, 5.41) is 0. The quantitative estimate of drug-likeness (QED) is 0.328. The molecule has 0 aromatic heterocycles. The molecule has 0 heterocycles. The topological polar surface area (TPSA) is 26.3 Å². The maximum absolute atomic E-state index is 11.7. The second-order valence-electron chi connectivity index (χ2n) is 3.78. The van der Waals surface area contributed by atoms with Crippen LogP contribution in [0.5, 0.6) is 0 Å². The Bertz CT molecular complexity index is 493. The predicted molar refractivity (Wildman–Crippen MR) is 79.3 cm³/mol. The molecule has 98 valence electrons. The highest BCUT2D eigenvalue weighted by molar-refractivity contribution is 5.89. The van der Waals surface area contributed by atoms with E-state index in [9.17, 15) is 4.79 Å². The van der Waals surface area contributed by atoms with Crippen molar-refractivity contribution in [3.05, 3.63) is 78.6 Å². The minimum Gasteiger partial charge on any atom is -0.431 e. The van der Waals surface area contributed by atoms with Crippen molar-refractivity contribution in [2.24, 2.45) is 0 Å². The number of carbonyl (C=O) groups excluding carboxylic acids is 1. The molecule has 0 fully saturated rings. The van der Waals surface area contributed by atoms with Crippen molar-refractivity contribution in [3.8, 4) is 0 Å². The SMILES string of the molecule is C=C/C=C/OC(=O)/C(=C/C=C/c1ccccc1)CC. The Morgan fingerprint density at radius 2 is 2.00 bits per heavy atom. The van der Waals surface area contributed by atoms with Gasteiger partial charge in [0.25, 0.3) is 0 Å². The number of esters is 1. The van der Waals surface area contributed by atoms with Crippen LogP contribution in [0.15, 0.2) is 73.1 Å². The fraction of sp³-hybridized carbons (Fsp3) is 0.118. The Balaban J connectivity index is 2.66. The largest absolute Gasteiger partial charge is 0.431 e. The van der Waals surface area contributed by atoms with Gasteiger partial charge in [-0.3, -0.25) is 0 Å². The summed E-state index contributed by atoms with van der Waals surface area (Å²) in [4.78, 5) is 11.7. The Hall–Kier alpha value is -2.35. The van der Waals surface area contributed by atoms with Gasteiger partial charge in [0.15, 0.2) is 0 Å². The van der Waals surface area contributed by atoms with E-state index in [1.165, 1.54) is 6.26 Å². The lowest BCUT2D eigenvalue weighted by Gasteiger charge is -2.00. The lowest BCUT2D eigenvalue weighted by molar-refractivity contribution is -0.133. The Morgan fingerprint density at radius 3 is 2.63 bits per heavy atom. The molecule has 2 heteroatoms. The van der Waals surface area contributed by atoms with Gasteiger partial charge in [0.2, 0.25) is 0 Å². The van der Waals surface area contributed by atoms with Gasteiger partial charge >= 0.3 is 5.97 Å². The van der Waals surface area contributed by atoms with Gasteiger partial charge in [-0.05, 0) is 18.1 Å². The summed E-state index contributed by atoms with van der Waals surface area (Å²) in [5.74, 6) is -0.335. The number of hydrogen-bond donors (Lipinski definition) is 0. The smallest absolute Gasteiger partial charge is 0.338 e. The zero-order chi connectivity index (χ0) is 13.9. The van der Waals surface area contributed by atoms with Crippen LogP contribution in [0.3, 0.4) is 0 Å². The molecule has 0 spiro atoms. The van der Waals surface area contributed by atoms with Crippen LogP contribution in [-0.2, 0) is 9.53 Å². The highest BCUT2D eigenvalue weighted by atomic mass is 16.5. The number of benzene rings is 1. The molecule has 0 unspecified atom stereocenters. The lowest BCUT2D eigenvalue weighted by Crippen LogP contribution is -2.02. The third-order valence-electron chi connectivity index (χ3n) is 2.42. The molecule has 0 aliphatic rings. The van der Waals surface area contributed by atoms with Crippen molar-refractivity contribution in [3.63, 3.8) is 0 Å². The van der Waals surface area contributed by atoms with E-state index in [-0.39, 0.29) is 5.97 Å². The highest BCUT2D eigenvalue weighted by Gasteiger charge is 2.05. The molecule has 0 N–H and O–H groups in total. The maximum atomic E-state index is 11.7. The molecule has 0 saturated carbocycles. The second-order valence-corrected chi connectivity index (χ2v) is 3.78. The van der Waals surface area contributed by atoms with Gasteiger partial charge in [-0.15, -0.1) is 0 Å². The van der Waals surface area contributed by atoms with Crippen LogP contribution < -0.4 is 0 Å². The Kier molecular flexibility index (Phi) is 6.73.